The van der Waals surface area contributed by atoms with Crippen LogP contribution in [0.1, 0.15) is 29.8 Å². The molecule has 1 aromatic heterocycles. The van der Waals surface area contributed by atoms with Crippen molar-refractivity contribution < 1.29 is 4.74 Å². The standard InChI is InChI=1S/C20H30N4OS/c1-16(18-5-4-6-20(13-18)25-3)21-14-19-15-24(22-17(19)2)8-7-23-9-11-26-12-10-23/h4-6,13,15-16,21H,7-12,14H2,1-3H3/t16-/m1/s1. The number of hydrogen-bond donors (Lipinski definition) is 1. The summed E-state index contributed by atoms with van der Waals surface area (Å²) >= 11 is 2.06. The Morgan fingerprint density at radius 2 is 2.08 bits per heavy atom. The molecule has 1 atom stereocenters. The molecule has 0 unspecified atom stereocenters. The van der Waals surface area contributed by atoms with Crippen molar-refractivity contribution >= 4 is 11.8 Å². The van der Waals surface area contributed by atoms with E-state index in [1.807, 2.05) is 12.1 Å². The molecule has 0 saturated carbocycles. The SMILES string of the molecule is COc1cccc([C@@H](C)NCc2cn(CCN3CCSCC3)nc2C)c1. The minimum absolute atomic E-state index is 0.263. The molecular formula is C20H30N4OS. The van der Waals surface area contributed by atoms with E-state index in [1.54, 1.807) is 7.11 Å². The Hall–Kier alpha value is -1.50. The Labute approximate surface area is 161 Å². The minimum atomic E-state index is 0.263. The van der Waals surface area contributed by atoms with E-state index < -0.39 is 0 Å². The molecule has 1 aliphatic rings. The van der Waals surface area contributed by atoms with Gasteiger partial charge in [0.25, 0.3) is 0 Å². The van der Waals surface area contributed by atoms with Gasteiger partial charge in [0, 0.05) is 55.5 Å². The molecule has 1 fully saturated rings. The zero-order valence-electron chi connectivity index (χ0n) is 16.1. The molecule has 6 heteroatoms. The molecule has 1 N–H and O–H groups in total. The van der Waals surface area contributed by atoms with Crippen molar-refractivity contribution in [2.24, 2.45) is 0 Å². The largest absolute Gasteiger partial charge is 0.497 e. The summed E-state index contributed by atoms with van der Waals surface area (Å²) in [6, 6.07) is 8.50. The molecule has 5 nitrogen and oxygen atoms in total. The predicted octanol–water partition coefficient (Wildman–Crippen LogP) is 3.10. The van der Waals surface area contributed by atoms with Gasteiger partial charge >= 0.3 is 0 Å². The van der Waals surface area contributed by atoms with Crippen LogP contribution in [0, 0.1) is 6.92 Å². The van der Waals surface area contributed by atoms with Crippen LogP contribution in [0.5, 0.6) is 5.75 Å². The van der Waals surface area contributed by atoms with Gasteiger partial charge in [-0.05, 0) is 31.5 Å². The fraction of sp³-hybridized carbons (Fsp3) is 0.550. The summed E-state index contributed by atoms with van der Waals surface area (Å²) in [5, 5.41) is 8.30. The van der Waals surface area contributed by atoms with Gasteiger partial charge in [0.05, 0.1) is 19.3 Å². The summed E-state index contributed by atoms with van der Waals surface area (Å²) in [6.07, 6.45) is 2.19. The topological polar surface area (TPSA) is 42.3 Å². The van der Waals surface area contributed by atoms with Gasteiger partial charge in [-0.15, -0.1) is 0 Å². The summed E-state index contributed by atoms with van der Waals surface area (Å²) < 4.78 is 7.42. The number of thioether (sulfide) groups is 1. The third-order valence-electron chi connectivity index (χ3n) is 4.99. The second kappa shape index (κ2) is 9.44. The monoisotopic (exact) mass is 374 g/mol. The Morgan fingerprint density at radius 1 is 1.27 bits per heavy atom. The molecule has 1 aromatic carbocycles. The summed E-state index contributed by atoms with van der Waals surface area (Å²) in [6.45, 7) is 9.58. The van der Waals surface area contributed by atoms with E-state index in [0.717, 1.165) is 31.1 Å². The fourth-order valence-corrected chi connectivity index (χ4v) is 4.19. The third-order valence-corrected chi connectivity index (χ3v) is 5.93. The fourth-order valence-electron chi connectivity index (χ4n) is 3.21. The first-order valence-electron chi connectivity index (χ1n) is 9.36. The van der Waals surface area contributed by atoms with Crippen LogP contribution >= 0.6 is 11.8 Å². The molecule has 0 spiro atoms. The number of methoxy groups -OCH3 is 1. The van der Waals surface area contributed by atoms with Crippen LogP contribution < -0.4 is 10.1 Å². The summed E-state index contributed by atoms with van der Waals surface area (Å²) in [5.41, 5.74) is 3.62. The number of benzene rings is 1. The smallest absolute Gasteiger partial charge is 0.119 e. The van der Waals surface area contributed by atoms with Gasteiger partial charge in [0.15, 0.2) is 0 Å². The lowest BCUT2D eigenvalue weighted by atomic mass is 10.1. The van der Waals surface area contributed by atoms with E-state index in [0.29, 0.717) is 0 Å². The maximum Gasteiger partial charge on any atom is 0.119 e. The first-order valence-corrected chi connectivity index (χ1v) is 10.5. The molecule has 0 amide bonds. The van der Waals surface area contributed by atoms with Crippen molar-refractivity contribution in [3.8, 4) is 5.75 Å². The molecule has 0 bridgehead atoms. The van der Waals surface area contributed by atoms with E-state index >= 15 is 0 Å². The second-order valence-electron chi connectivity index (χ2n) is 6.84. The average Bonchev–Trinajstić information content (AvgIpc) is 3.05. The Kier molecular flexibility index (Phi) is 7.00. The van der Waals surface area contributed by atoms with Crippen molar-refractivity contribution in [3.63, 3.8) is 0 Å². The number of ether oxygens (including phenoxy) is 1. The predicted molar refractivity (Wildman–Crippen MR) is 109 cm³/mol. The van der Waals surface area contributed by atoms with Crippen LogP contribution in [0.15, 0.2) is 30.5 Å². The molecule has 2 heterocycles. The molecule has 26 heavy (non-hydrogen) atoms. The lowest BCUT2D eigenvalue weighted by Gasteiger charge is -2.25. The van der Waals surface area contributed by atoms with E-state index in [1.165, 1.54) is 35.7 Å². The lowest BCUT2D eigenvalue weighted by Crippen LogP contribution is -2.35. The summed E-state index contributed by atoms with van der Waals surface area (Å²) in [5.74, 6) is 3.42. The highest BCUT2D eigenvalue weighted by atomic mass is 32.2. The van der Waals surface area contributed by atoms with Crippen molar-refractivity contribution in [1.29, 1.82) is 0 Å². The third kappa shape index (κ3) is 5.25. The van der Waals surface area contributed by atoms with E-state index in [-0.39, 0.29) is 6.04 Å². The second-order valence-corrected chi connectivity index (χ2v) is 8.06. The number of rotatable bonds is 8. The van der Waals surface area contributed by atoms with Gasteiger partial charge in [0.2, 0.25) is 0 Å². The molecule has 2 aromatic rings. The van der Waals surface area contributed by atoms with Crippen LogP contribution in [0.2, 0.25) is 0 Å². The molecule has 3 rings (SSSR count). The molecular weight excluding hydrogens is 344 g/mol. The lowest BCUT2D eigenvalue weighted by molar-refractivity contribution is 0.284. The van der Waals surface area contributed by atoms with Crippen LogP contribution in [-0.2, 0) is 13.1 Å². The van der Waals surface area contributed by atoms with Gasteiger partial charge in [-0.1, -0.05) is 12.1 Å². The van der Waals surface area contributed by atoms with Crippen LogP contribution in [0.3, 0.4) is 0 Å². The van der Waals surface area contributed by atoms with Crippen molar-refractivity contribution in [2.75, 3.05) is 38.2 Å². The highest BCUT2D eigenvalue weighted by molar-refractivity contribution is 7.99. The zero-order valence-corrected chi connectivity index (χ0v) is 16.9. The van der Waals surface area contributed by atoms with Crippen LogP contribution in [0.4, 0.5) is 0 Å². The van der Waals surface area contributed by atoms with Crippen molar-refractivity contribution in [3.05, 3.63) is 47.3 Å². The van der Waals surface area contributed by atoms with Crippen LogP contribution in [-0.4, -0.2) is 52.9 Å². The summed E-state index contributed by atoms with van der Waals surface area (Å²) in [7, 11) is 1.71. The maximum absolute atomic E-state index is 5.32. The van der Waals surface area contributed by atoms with E-state index in [9.17, 15) is 0 Å². The first kappa shape index (κ1) is 19.3. The van der Waals surface area contributed by atoms with Gasteiger partial charge in [0.1, 0.15) is 5.75 Å². The van der Waals surface area contributed by atoms with E-state index in [4.69, 9.17) is 9.84 Å². The van der Waals surface area contributed by atoms with Crippen LogP contribution in [0.25, 0.3) is 0 Å². The average molecular weight is 375 g/mol. The zero-order chi connectivity index (χ0) is 18.4. The maximum atomic E-state index is 5.32. The van der Waals surface area contributed by atoms with Gasteiger partial charge in [-0.2, -0.15) is 16.9 Å². The van der Waals surface area contributed by atoms with Gasteiger partial charge in [-0.25, -0.2) is 0 Å². The molecule has 0 aliphatic carbocycles. The molecule has 142 valence electrons. The van der Waals surface area contributed by atoms with E-state index in [2.05, 4.69) is 58.8 Å². The number of nitrogens with zero attached hydrogens (tertiary/aromatic N) is 3. The van der Waals surface area contributed by atoms with Gasteiger partial charge < -0.3 is 10.1 Å². The molecule has 1 aliphatic heterocycles. The highest BCUT2D eigenvalue weighted by Gasteiger charge is 2.12. The highest BCUT2D eigenvalue weighted by Crippen LogP contribution is 2.19. The number of aryl methyl sites for hydroxylation is 1. The quantitative estimate of drug-likeness (QED) is 0.769. The number of nitrogens with one attached hydrogen (secondary N) is 1. The van der Waals surface area contributed by atoms with Crippen molar-refractivity contribution in [2.45, 2.75) is 33.0 Å². The number of hydrogen-bond acceptors (Lipinski definition) is 5. The number of aromatic nitrogens is 2. The first-order chi connectivity index (χ1) is 12.7. The Morgan fingerprint density at radius 3 is 2.85 bits per heavy atom. The van der Waals surface area contributed by atoms with Gasteiger partial charge in [-0.3, -0.25) is 9.58 Å². The summed E-state index contributed by atoms with van der Waals surface area (Å²) in [4.78, 5) is 2.54. The Balaban J connectivity index is 1.52. The molecule has 0 radical (unpaired) electrons. The van der Waals surface area contributed by atoms with Crippen molar-refractivity contribution in [1.82, 2.24) is 20.0 Å². The normalized spacial score (nSPS) is 16.6. The molecule has 1 saturated heterocycles. The minimum Gasteiger partial charge on any atom is -0.497 e. The Bertz CT molecular complexity index is 697.